The first-order valence-corrected chi connectivity index (χ1v) is 6.98. The standard InChI is InChI=1S/C19H18NO/c1-20-18(15-9-5-3-6-10-15)13-17(21-2)14-19(20)16-11-7-4-8-12-16/h3-14H,1-2H3/q+1. The number of hydrogen-bond donors (Lipinski definition) is 0. The van der Waals surface area contributed by atoms with Crippen molar-refractivity contribution in [2.24, 2.45) is 7.05 Å². The van der Waals surface area contributed by atoms with Gasteiger partial charge in [-0.3, -0.25) is 0 Å². The molecule has 0 spiro atoms. The van der Waals surface area contributed by atoms with Crippen LogP contribution in [0.3, 0.4) is 0 Å². The molecule has 104 valence electrons. The van der Waals surface area contributed by atoms with Crippen molar-refractivity contribution in [2.45, 2.75) is 0 Å². The summed E-state index contributed by atoms with van der Waals surface area (Å²) in [5.74, 6) is 0.866. The summed E-state index contributed by atoms with van der Waals surface area (Å²) in [6, 6.07) is 24.9. The Labute approximate surface area is 125 Å². The van der Waals surface area contributed by atoms with E-state index in [2.05, 4.69) is 72.3 Å². The molecule has 0 saturated carbocycles. The highest BCUT2D eigenvalue weighted by atomic mass is 16.5. The predicted molar refractivity (Wildman–Crippen MR) is 85.0 cm³/mol. The molecule has 0 aliphatic carbocycles. The maximum Gasteiger partial charge on any atom is 0.216 e. The average molecular weight is 276 g/mol. The second-order valence-electron chi connectivity index (χ2n) is 4.96. The highest BCUT2D eigenvalue weighted by Crippen LogP contribution is 2.26. The molecule has 0 unspecified atom stereocenters. The van der Waals surface area contributed by atoms with E-state index in [1.165, 1.54) is 11.1 Å². The third kappa shape index (κ3) is 2.65. The van der Waals surface area contributed by atoms with Crippen LogP contribution in [0.4, 0.5) is 0 Å². The van der Waals surface area contributed by atoms with Gasteiger partial charge in [0.05, 0.1) is 19.2 Å². The van der Waals surface area contributed by atoms with Gasteiger partial charge < -0.3 is 4.74 Å². The molecular weight excluding hydrogens is 258 g/mol. The molecule has 0 atom stereocenters. The van der Waals surface area contributed by atoms with Crippen molar-refractivity contribution >= 4 is 0 Å². The Hall–Kier alpha value is -2.61. The SMILES string of the molecule is COc1cc(-c2ccccc2)[n+](C)c(-c2ccccc2)c1. The molecule has 3 rings (SSSR count). The molecule has 2 nitrogen and oxygen atoms in total. The zero-order valence-electron chi connectivity index (χ0n) is 12.3. The summed E-state index contributed by atoms with van der Waals surface area (Å²) < 4.78 is 7.68. The molecule has 0 amide bonds. The van der Waals surface area contributed by atoms with Gasteiger partial charge in [-0.1, -0.05) is 36.4 Å². The van der Waals surface area contributed by atoms with Crippen LogP contribution >= 0.6 is 0 Å². The fourth-order valence-electron chi connectivity index (χ4n) is 2.52. The number of aromatic nitrogens is 1. The maximum atomic E-state index is 5.48. The first kappa shape index (κ1) is 13.4. The van der Waals surface area contributed by atoms with Gasteiger partial charge in [0.15, 0.2) is 0 Å². The summed E-state index contributed by atoms with van der Waals surface area (Å²) in [6.07, 6.45) is 0. The second kappa shape index (κ2) is 5.80. The van der Waals surface area contributed by atoms with E-state index in [1.807, 2.05) is 12.1 Å². The molecule has 1 aromatic heterocycles. The van der Waals surface area contributed by atoms with E-state index < -0.39 is 0 Å². The normalized spacial score (nSPS) is 10.4. The smallest absolute Gasteiger partial charge is 0.216 e. The summed E-state index contributed by atoms with van der Waals surface area (Å²) in [4.78, 5) is 0. The summed E-state index contributed by atoms with van der Waals surface area (Å²) in [5.41, 5.74) is 4.62. The fourth-order valence-corrected chi connectivity index (χ4v) is 2.52. The number of methoxy groups -OCH3 is 1. The number of benzene rings is 2. The van der Waals surface area contributed by atoms with Gasteiger partial charge in [-0.15, -0.1) is 0 Å². The van der Waals surface area contributed by atoms with Crippen LogP contribution in [0.1, 0.15) is 0 Å². The molecule has 0 aliphatic heterocycles. The minimum atomic E-state index is 0.866. The van der Waals surface area contributed by atoms with Crippen molar-refractivity contribution in [1.82, 2.24) is 0 Å². The minimum absolute atomic E-state index is 0.866. The van der Waals surface area contributed by atoms with Crippen LogP contribution in [-0.4, -0.2) is 7.11 Å². The Morgan fingerprint density at radius 1 is 0.714 bits per heavy atom. The average Bonchev–Trinajstić information content (AvgIpc) is 2.57. The van der Waals surface area contributed by atoms with Gasteiger partial charge in [-0.2, -0.15) is 4.57 Å². The van der Waals surface area contributed by atoms with Gasteiger partial charge in [-0.25, -0.2) is 0 Å². The molecule has 0 aliphatic rings. The van der Waals surface area contributed by atoms with Crippen LogP contribution in [0.25, 0.3) is 22.5 Å². The summed E-state index contributed by atoms with van der Waals surface area (Å²) in [6.45, 7) is 0. The summed E-state index contributed by atoms with van der Waals surface area (Å²) in [5, 5.41) is 0. The van der Waals surface area contributed by atoms with Crippen LogP contribution in [0, 0.1) is 0 Å². The molecule has 2 heteroatoms. The highest BCUT2D eigenvalue weighted by molar-refractivity contribution is 5.63. The monoisotopic (exact) mass is 276 g/mol. The van der Waals surface area contributed by atoms with Crippen LogP contribution in [0.5, 0.6) is 5.75 Å². The van der Waals surface area contributed by atoms with E-state index in [4.69, 9.17) is 4.74 Å². The van der Waals surface area contributed by atoms with Gasteiger partial charge in [-0.05, 0) is 24.3 Å². The van der Waals surface area contributed by atoms with Gasteiger partial charge >= 0.3 is 0 Å². The Morgan fingerprint density at radius 3 is 1.52 bits per heavy atom. The number of pyridine rings is 1. The second-order valence-corrected chi connectivity index (χ2v) is 4.96. The fraction of sp³-hybridized carbons (Fsp3) is 0.105. The Bertz CT molecular complexity index is 676. The first-order chi connectivity index (χ1) is 10.3. The predicted octanol–water partition coefficient (Wildman–Crippen LogP) is 3.85. The molecule has 0 radical (unpaired) electrons. The van der Waals surface area contributed by atoms with E-state index in [-0.39, 0.29) is 0 Å². The van der Waals surface area contributed by atoms with Crippen molar-refractivity contribution in [3.63, 3.8) is 0 Å². The first-order valence-electron chi connectivity index (χ1n) is 6.98. The molecule has 0 saturated heterocycles. The Morgan fingerprint density at radius 2 is 1.14 bits per heavy atom. The van der Waals surface area contributed by atoms with Crippen molar-refractivity contribution in [3.05, 3.63) is 72.8 Å². The molecule has 3 aromatic rings. The molecule has 1 heterocycles. The van der Waals surface area contributed by atoms with Crippen molar-refractivity contribution in [1.29, 1.82) is 0 Å². The molecule has 0 fully saturated rings. The van der Waals surface area contributed by atoms with E-state index in [0.29, 0.717) is 0 Å². The highest BCUT2D eigenvalue weighted by Gasteiger charge is 2.18. The lowest BCUT2D eigenvalue weighted by Gasteiger charge is -2.08. The van der Waals surface area contributed by atoms with Crippen molar-refractivity contribution in [3.8, 4) is 28.3 Å². The number of hydrogen-bond acceptors (Lipinski definition) is 1. The maximum absolute atomic E-state index is 5.48. The van der Waals surface area contributed by atoms with E-state index in [1.54, 1.807) is 7.11 Å². The zero-order chi connectivity index (χ0) is 14.7. The molecule has 0 N–H and O–H groups in total. The van der Waals surface area contributed by atoms with Gasteiger partial charge in [0.1, 0.15) is 12.8 Å². The molecular formula is C19H18NO+. The zero-order valence-corrected chi connectivity index (χ0v) is 12.3. The van der Waals surface area contributed by atoms with Crippen molar-refractivity contribution < 1.29 is 9.30 Å². The third-order valence-electron chi connectivity index (χ3n) is 3.66. The van der Waals surface area contributed by atoms with Crippen LogP contribution in [-0.2, 0) is 7.05 Å². The minimum Gasteiger partial charge on any atom is -0.496 e. The lowest BCUT2D eigenvalue weighted by atomic mass is 10.1. The summed E-state index contributed by atoms with van der Waals surface area (Å²) >= 11 is 0. The lowest BCUT2D eigenvalue weighted by Crippen LogP contribution is -2.34. The van der Waals surface area contributed by atoms with E-state index in [0.717, 1.165) is 17.1 Å². The largest absolute Gasteiger partial charge is 0.496 e. The summed E-state index contributed by atoms with van der Waals surface area (Å²) in [7, 11) is 3.79. The van der Waals surface area contributed by atoms with Crippen LogP contribution in [0.15, 0.2) is 72.8 Å². The number of ether oxygens (including phenoxy) is 1. The topological polar surface area (TPSA) is 13.1 Å². The van der Waals surface area contributed by atoms with Crippen LogP contribution < -0.4 is 9.30 Å². The van der Waals surface area contributed by atoms with Crippen LogP contribution in [0.2, 0.25) is 0 Å². The van der Waals surface area contributed by atoms with E-state index in [9.17, 15) is 0 Å². The van der Waals surface area contributed by atoms with Gasteiger partial charge in [0.2, 0.25) is 11.4 Å². The van der Waals surface area contributed by atoms with E-state index >= 15 is 0 Å². The van der Waals surface area contributed by atoms with Crippen molar-refractivity contribution in [2.75, 3.05) is 7.11 Å². The molecule has 0 bridgehead atoms. The number of nitrogens with zero attached hydrogens (tertiary/aromatic N) is 1. The van der Waals surface area contributed by atoms with Gasteiger partial charge in [0, 0.05) is 11.1 Å². The quantitative estimate of drug-likeness (QED) is 0.662. The third-order valence-corrected chi connectivity index (χ3v) is 3.66. The molecule has 21 heavy (non-hydrogen) atoms. The lowest BCUT2D eigenvalue weighted by molar-refractivity contribution is -0.649. The molecule has 2 aromatic carbocycles. The van der Waals surface area contributed by atoms with Gasteiger partial charge in [0.25, 0.3) is 0 Å². The Balaban J connectivity index is 2.23. The number of rotatable bonds is 3. The Kier molecular flexibility index (Phi) is 3.69.